The smallest absolute Gasteiger partial charge is 0.146 e. The fourth-order valence-electron chi connectivity index (χ4n) is 3.45. The van der Waals surface area contributed by atoms with E-state index in [-0.39, 0.29) is 0 Å². The molecule has 0 aliphatic heterocycles. The number of ether oxygens (including phenoxy) is 1. The van der Waals surface area contributed by atoms with Crippen LogP contribution in [0.25, 0.3) is 0 Å². The van der Waals surface area contributed by atoms with Gasteiger partial charge in [0.05, 0.1) is 13.2 Å². The van der Waals surface area contributed by atoms with Crippen LogP contribution in [-0.2, 0) is 17.8 Å². The van der Waals surface area contributed by atoms with Crippen molar-refractivity contribution in [3.63, 3.8) is 0 Å². The normalized spacial score (nSPS) is 23.5. The van der Waals surface area contributed by atoms with E-state index in [0.29, 0.717) is 24.5 Å². The van der Waals surface area contributed by atoms with Crippen LogP contribution in [0.2, 0.25) is 0 Å². The Labute approximate surface area is 128 Å². The van der Waals surface area contributed by atoms with E-state index in [0.717, 1.165) is 24.1 Å². The number of hydrogen-bond donors (Lipinski definition) is 1. The molecule has 0 atom stereocenters. The molecule has 0 unspecified atom stereocenters. The van der Waals surface area contributed by atoms with Crippen LogP contribution in [0.3, 0.4) is 0 Å². The van der Waals surface area contributed by atoms with Crippen LogP contribution in [0.4, 0.5) is 0 Å². The molecule has 0 saturated heterocycles. The van der Waals surface area contributed by atoms with Gasteiger partial charge < -0.3 is 15.0 Å². The van der Waals surface area contributed by atoms with Crippen LogP contribution in [0.1, 0.15) is 64.0 Å². The summed E-state index contributed by atoms with van der Waals surface area (Å²) in [6.45, 7) is 8.97. The lowest BCUT2D eigenvalue weighted by atomic mass is 9.69. The summed E-state index contributed by atoms with van der Waals surface area (Å²) in [5.41, 5.74) is 6.19. The van der Waals surface area contributed by atoms with Crippen molar-refractivity contribution >= 4 is 0 Å². The standard InChI is InChI=1S/C16H30N4O/c1-16(2,3)13-7-5-12(6-8-13)15-19-18-14(11-17)20(15)9-10-21-4/h12-13H,5-11,17H2,1-4H3. The Morgan fingerprint density at radius 3 is 2.38 bits per heavy atom. The SMILES string of the molecule is COCCn1c(CN)nnc1C1CCC(C(C)(C)C)CC1. The Balaban J connectivity index is 2.07. The minimum absolute atomic E-state index is 0.414. The van der Waals surface area contributed by atoms with Gasteiger partial charge in [0.1, 0.15) is 11.6 Å². The topological polar surface area (TPSA) is 66.0 Å². The van der Waals surface area contributed by atoms with E-state index in [4.69, 9.17) is 10.5 Å². The van der Waals surface area contributed by atoms with Gasteiger partial charge in [-0.05, 0) is 37.0 Å². The summed E-state index contributed by atoms with van der Waals surface area (Å²) >= 11 is 0. The van der Waals surface area contributed by atoms with Crippen LogP contribution < -0.4 is 5.73 Å². The van der Waals surface area contributed by atoms with Gasteiger partial charge in [-0.1, -0.05) is 20.8 Å². The molecule has 0 aromatic carbocycles. The fraction of sp³-hybridized carbons (Fsp3) is 0.875. The first kappa shape index (κ1) is 16.4. The highest BCUT2D eigenvalue weighted by molar-refractivity contribution is 5.04. The first-order valence-corrected chi connectivity index (χ1v) is 8.08. The minimum Gasteiger partial charge on any atom is -0.383 e. The molecule has 0 amide bonds. The fourth-order valence-corrected chi connectivity index (χ4v) is 3.45. The summed E-state index contributed by atoms with van der Waals surface area (Å²) in [5.74, 6) is 3.33. The summed E-state index contributed by atoms with van der Waals surface area (Å²) in [6.07, 6.45) is 4.97. The maximum absolute atomic E-state index is 5.78. The van der Waals surface area contributed by atoms with Crippen LogP contribution in [0.15, 0.2) is 0 Å². The predicted molar refractivity (Wildman–Crippen MR) is 83.9 cm³/mol. The molecule has 1 aromatic rings. The second kappa shape index (κ2) is 6.88. The molecule has 2 rings (SSSR count). The summed E-state index contributed by atoms with van der Waals surface area (Å²) in [6, 6.07) is 0. The van der Waals surface area contributed by atoms with Crippen molar-refractivity contribution in [2.45, 2.75) is 65.5 Å². The molecule has 0 spiro atoms. The third kappa shape index (κ3) is 3.83. The molecule has 1 saturated carbocycles. The Hall–Kier alpha value is -0.940. The number of rotatable bonds is 5. The molecule has 5 heteroatoms. The van der Waals surface area contributed by atoms with Crippen LogP contribution in [0, 0.1) is 11.3 Å². The number of nitrogens with zero attached hydrogens (tertiary/aromatic N) is 3. The molecule has 1 heterocycles. The zero-order valence-corrected chi connectivity index (χ0v) is 13.9. The second-order valence-electron chi connectivity index (χ2n) is 7.24. The predicted octanol–water partition coefficient (Wildman–Crippen LogP) is 2.70. The summed E-state index contributed by atoms with van der Waals surface area (Å²) in [7, 11) is 1.72. The van der Waals surface area contributed by atoms with Gasteiger partial charge in [0.25, 0.3) is 0 Å². The monoisotopic (exact) mass is 294 g/mol. The Morgan fingerprint density at radius 1 is 1.19 bits per heavy atom. The summed E-state index contributed by atoms with van der Waals surface area (Å²) in [4.78, 5) is 0. The van der Waals surface area contributed by atoms with Crippen molar-refractivity contribution in [2.24, 2.45) is 17.1 Å². The number of nitrogens with two attached hydrogens (primary N) is 1. The molecule has 0 radical (unpaired) electrons. The summed E-state index contributed by atoms with van der Waals surface area (Å²) in [5, 5.41) is 8.69. The molecular formula is C16H30N4O. The van der Waals surface area contributed by atoms with Crippen LogP contribution >= 0.6 is 0 Å². The van der Waals surface area contributed by atoms with E-state index in [1.807, 2.05) is 0 Å². The molecule has 1 aromatic heterocycles. The number of methoxy groups -OCH3 is 1. The molecule has 21 heavy (non-hydrogen) atoms. The average molecular weight is 294 g/mol. The lowest BCUT2D eigenvalue weighted by Gasteiger charge is -2.36. The van der Waals surface area contributed by atoms with Gasteiger partial charge in [0, 0.05) is 19.6 Å². The lowest BCUT2D eigenvalue weighted by Crippen LogP contribution is -2.26. The highest BCUT2D eigenvalue weighted by atomic mass is 16.5. The van der Waals surface area contributed by atoms with Crippen molar-refractivity contribution in [1.29, 1.82) is 0 Å². The van der Waals surface area contributed by atoms with Gasteiger partial charge in [-0.25, -0.2) is 0 Å². The zero-order chi connectivity index (χ0) is 15.5. The Kier molecular flexibility index (Phi) is 5.38. The lowest BCUT2D eigenvalue weighted by molar-refractivity contribution is 0.162. The van der Waals surface area contributed by atoms with Gasteiger partial charge in [-0.15, -0.1) is 10.2 Å². The Bertz CT molecular complexity index is 442. The maximum Gasteiger partial charge on any atom is 0.146 e. The van der Waals surface area contributed by atoms with Gasteiger partial charge in [-0.3, -0.25) is 0 Å². The van der Waals surface area contributed by atoms with Gasteiger partial charge in [-0.2, -0.15) is 0 Å². The molecule has 1 fully saturated rings. The molecule has 1 aliphatic rings. The highest BCUT2D eigenvalue weighted by Crippen LogP contribution is 2.42. The molecule has 120 valence electrons. The summed E-state index contributed by atoms with van der Waals surface area (Å²) < 4.78 is 7.37. The van der Waals surface area contributed by atoms with E-state index in [2.05, 4.69) is 35.5 Å². The van der Waals surface area contributed by atoms with Crippen LogP contribution in [-0.4, -0.2) is 28.5 Å². The van der Waals surface area contributed by atoms with Crippen molar-refractivity contribution in [1.82, 2.24) is 14.8 Å². The Morgan fingerprint density at radius 2 is 1.86 bits per heavy atom. The van der Waals surface area contributed by atoms with Crippen LogP contribution in [0.5, 0.6) is 0 Å². The third-order valence-corrected chi connectivity index (χ3v) is 4.87. The zero-order valence-electron chi connectivity index (χ0n) is 13.9. The van der Waals surface area contributed by atoms with Gasteiger partial charge in [0.15, 0.2) is 0 Å². The molecule has 0 bridgehead atoms. The maximum atomic E-state index is 5.78. The van der Waals surface area contributed by atoms with E-state index in [1.54, 1.807) is 7.11 Å². The number of hydrogen-bond acceptors (Lipinski definition) is 4. The highest BCUT2D eigenvalue weighted by Gasteiger charge is 2.32. The van der Waals surface area contributed by atoms with Crippen molar-refractivity contribution < 1.29 is 4.74 Å². The van der Waals surface area contributed by atoms with E-state index in [9.17, 15) is 0 Å². The first-order valence-electron chi connectivity index (χ1n) is 8.08. The first-order chi connectivity index (χ1) is 9.97. The van der Waals surface area contributed by atoms with Crippen molar-refractivity contribution in [3.8, 4) is 0 Å². The van der Waals surface area contributed by atoms with Crippen molar-refractivity contribution in [3.05, 3.63) is 11.6 Å². The van der Waals surface area contributed by atoms with Gasteiger partial charge >= 0.3 is 0 Å². The average Bonchev–Trinajstić information content (AvgIpc) is 2.87. The third-order valence-electron chi connectivity index (χ3n) is 4.87. The van der Waals surface area contributed by atoms with Gasteiger partial charge in [0.2, 0.25) is 0 Å². The largest absolute Gasteiger partial charge is 0.383 e. The minimum atomic E-state index is 0.414. The number of aromatic nitrogens is 3. The quantitative estimate of drug-likeness (QED) is 0.906. The van der Waals surface area contributed by atoms with E-state index >= 15 is 0 Å². The van der Waals surface area contributed by atoms with E-state index < -0.39 is 0 Å². The molecule has 1 aliphatic carbocycles. The van der Waals surface area contributed by atoms with Crippen molar-refractivity contribution in [2.75, 3.05) is 13.7 Å². The second-order valence-corrected chi connectivity index (χ2v) is 7.24. The molecule has 5 nitrogen and oxygen atoms in total. The van der Waals surface area contributed by atoms with E-state index in [1.165, 1.54) is 25.7 Å². The molecule has 2 N–H and O–H groups in total. The molecular weight excluding hydrogens is 264 g/mol.